The van der Waals surface area contributed by atoms with E-state index < -0.39 is 5.82 Å². The lowest BCUT2D eigenvalue weighted by molar-refractivity contribution is 0.286. The maximum atomic E-state index is 13.6. The first-order valence-corrected chi connectivity index (χ1v) is 6.92. The van der Waals surface area contributed by atoms with E-state index in [4.69, 9.17) is 21.6 Å². The monoisotopic (exact) mass is 306 g/mol. The fraction of sp³-hybridized carbons (Fsp3) is 0.250. The third kappa shape index (κ3) is 4.73. The fourth-order valence-corrected chi connectivity index (χ4v) is 1.65. The zero-order valence-corrected chi connectivity index (χ0v) is 12.9. The standard InChI is InChI=1S/C14H10ClFN2O.C2H6/c1-9-2-5-13(15)18-14(9)19-8-11-4-3-10(7-17)6-12(11)16;1-2/h2-6H,8H2,1H3;1-2H3. The van der Waals surface area contributed by atoms with Crippen LogP contribution in [0.1, 0.15) is 30.5 Å². The Labute approximate surface area is 129 Å². The van der Waals surface area contributed by atoms with E-state index in [0.717, 1.165) is 5.56 Å². The van der Waals surface area contributed by atoms with E-state index in [1.165, 1.54) is 12.1 Å². The van der Waals surface area contributed by atoms with Gasteiger partial charge >= 0.3 is 0 Å². The number of nitrogens with zero attached hydrogens (tertiary/aromatic N) is 2. The molecule has 2 rings (SSSR count). The molecule has 1 aromatic heterocycles. The lowest BCUT2D eigenvalue weighted by atomic mass is 10.1. The Morgan fingerprint density at radius 1 is 1.29 bits per heavy atom. The van der Waals surface area contributed by atoms with Crippen molar-refractivity contribution in [3.8, 4) is 11.9 Å². The second-order valence-electron chi connectivity index (χ2n) is 3.96. The average Bonchev–Trinajstić information content (AvgIpc) is 2.51. The molecular formula is C16H16ClFN2O. The predicted molar refractivity (Wildman–Crippen MR) is 80.8 cm³/mol. The highest BCUT2D eigenvalue weighted by Crippen LogP contribution is 2.20. The van der Waals surface area contributed by atoms with Crippen LogP contribution < -0.4 is 4.74 Å². The number of rotatable bonds is 3. The molecule has 0 atom stereocenters. The molecule has 0 amide bonds. The lowest BCUT2D eigenvalue weighted by Gasteiger charge is -2.09. The summed E-state index contributed by atoms with van der Waals surface area (Å²) in [6.45, 7) is 5.86. The molecule has 0 N–H and O–H groups in total. The highest BCUT2D eigenvalue weighted by atomic mass is 35.5. The topological polar surface area (TPSA) is 45.9 Å². The van der Waals surface area contributed by atoms with E-state index in [9.17, 15) is 4.39 Å². The Balaban J connectivity index is 0.00000106. The largest absolute Gasteiger partial charge is 0.472 e. The van der Waals surface area contributed by atoms with Crippen molar-refractivity contribution in [2.45, 2.75) is 27.4 Å². The molecule has 2 aromatic rings. The molecule has 0 saturated heterocycles. The van der Waals surface area contributed by atoms with Gasteiger partial charge in [-0.15, -0.1) is 0 Å². The summed E-state index contributed by atoms with van der Waals surface area (Å²) >= 11 is 5.77. The minimum atomic E-state index is -0.473. The maximum Gasteiger partial charge on any atom is 0.218 e. The average molecular weight is 307 g/mol. The number of pyridine rings is 1. The third-order valence-electron chi connectivity index (χ3n) is 2.56. The highest BCUT2D eigenvalue weighted by molar-refractivity contribution is 6.29. The summed E-state index contributed by atoms with van der Waals surface area (Å²) < 4.78 is 19.1. The molecule has 0 bridgehead atoms. The molecule has 3 nitrogen and oxygen atoms in total. The Morgan fingerprint density at radius 3 is 2.62 bits per heavy atom. The van der Waals surface area contributed by atoms with Crippen LogP contribution in [0, 0.1) is 24.1 Å². The normalized spacial score (nSPS) is 9.33. The summed E-state index contributed by atoms with van der Waals surface area (Å²) in [7, 11) is 0. The van der Waals surface area contributed by atoms with E-state index >= 15 is 0 Å². The first-order chi connectivity index (χ1) is 10.1. The van der Waals surface area contributed by atoms with Crippen molar-refractivity contribution >= 4 is 11.6 Å². The van der Waals surface area contributed by atoms with E-state index in [0.29, 0.717) is 16.6 Å². The van der Waals surface area contributed by atoms with Crippen LogP contribution in [0.15, 0.2) is 30.3 Å². The van der Waals surface area contributed by atoms with Crippen molar-refractivity contribution in [1.29, 1.82) is 5.26 Å². The molecule has 110 valence electrons. The van der Waals surface area contributed by atoms with Crippen LogP contribution in [0.25, 0.3) is 0 Å². The van der Waals surface area contributed by atoms with Crippen molar-refractivity contribution in [2.24, 2.45) is 0 Å². The van der Waals surface area contributed by atoms with Gasteiger partial charge in [-0.1, -0.05) is 37.6 Å². The molecule has 0 unspecified atom stereocenters. The summed E-state index contributed by atoms with van der Waals surface area (Å²) in [5, 5.41) is 8.98. The highest BCUT2D eigenvalue weighted by Gasteiger charge is 2.07. The van der Waals surface area contributed by atoms with Crippen molar-refractivity contribution in [2.75, 3.05) is 0 Å². The van der Waals surface area contributed by atoms with Crippen LogP contribution in [0.5, 0.6) is 5.88 Å². The zero-order chi connectivity index (χ0) is 15.8. The molecule has 21 heavy (non-hydrogen) atoms. The van der Waals surface area contributed by atoms with Crippen LogP contribution in [0.2, 0.25) is 5.15 Å². The second kappa shape index (κ2) is 8.23. The smallest absolute Gasteiger partial charge is 0.218 e. The summed E-state index contributed by atoms with van der Waals surface area (Å²) in [6, 6.07) is 9.55. The number of halogens is 2. The molecule has 0 radical (unpaired) electrons. The fourth-order valence-electron chi connectivity index (χ4n) is 1.51. The number of hydrogen-bond acceptors (Lipinski definition) is 3. The number of aryl methyl sites for hydroxylation is 1. The van der Waals surface area contributed by atoms with Gasteiger partial charge in [0, 0.05) is 11.1 Å². The van der Waals surface area contributed by atoms with Crippen LogP contribution in [0.4, 0.5) is 4.39 Å². The molecule has 0 spiro atoms. The Kier molecular flexibility index (Phi) is 6.64. The van der Waals surface area contributed by atoms with E-state index in [1.54, 1.807) is 18.2 Å². The van der Waals surface area contributed by atoms with Crippen molar-refractivity contribution in [3.63, 3.8) is 0 Å². The summed E-state index contributed by atoms with van der Waals surface area (Å²) in [5.74, 6) is -0.102. The summed E-state index contributed by atoms with van der Waals surface area (Å²) in [5.41, 5.74) is 1.46. The van der Waals surface area contributed by atoms with Gasteiger partial charge in [0.2, 0.25) is 5.88 Å². The van der Waals surface area contributed by atoms with Crippen LogP contribution in [0.3, 0.4) is 0 Å². The van der Waals surface area contributed by atoms with E-state index in [-0.39, 0.29) is 12.2 Å². The Hall–Kier alpha value is -2.12. The molecule has 0 aliphatic carbocycles. The maximum absolute atomic E-state index is 13.6. The molecule has 0 fully saturated rings. The van der Waals surface area contributed by atoms with Gasteiger partial charge in [0.05, 0.1) is 11.6 Å². The van der Waals surface area contributed by atoms with Crippen LogP contribution >= 0.6 is 11.6 Å². The third-order valence-corrected chi connectivity index (χ3v) is 2.77. The van der Waals surface area contributed by atoms with Gasteiger partial charge in [-0.2, -0.15) is 5.26 Å². The Morgan fingerprint density at radius 2 is 2.00 bits per heavy atom. The number of hydrogen-bond donors (Lipinski definition) is 0. The van der Waals surface area contributed by atoms with E-state index in [2.05, 4.69) is 4.98 Å². The molecule has 0 aliphatic rings. The molecule has 0 aliphatic heterocycles. The van der Waals surface area contributed by atoms with Crippen LogP contribution in [-0.4, -0.2) is 4.98 Å². The first kappa shape index (κ1) is 16.9. The number of benzene rings is 1. The van der Waals surface area contributed by atoms with Crippen LogP contribution in [-0.2, 0) is 6.61 Å². The predicted octanol–water partition coefficient (Wildman–Crippen LogP) is 4.66. The molecule has 0 saturated carbocycles. The number of ether oxygens (including phenoxy) is 1. The van der Waals surface area contributed by atoms with Gasteiger partial charge in [0.1, 0.15) is 17.6 Å². The van der Waals surface area contributed by atoms with Crippen molar-refractivity contribution < 1.29 is 9.13 Å². The lowest BCUT2D eigenvalue weighted by Crippen LogP contribution is -2.01. The second-order valence-corrected chi connectivity index (χ2v) is 4.35. The van der Waals surface area contributed by atoms with E-state index in [1.807, 2.05) is 26.8 Å². The van der Waals surface area contributed by atoms with Gasteiger partial charge in [0.15, 0.2) is 0 Å². The molecular weight excluding hydrogens is 291 g/mol. The quantitative estimate of drug-likeness (QED) is 0.775. The van der Waals surface area contributed by atoms with Gasteiger partial charge in [-0.3, -0.25) is 0 Å². The number of aromatic nitrogens is 1. The van der Waals surface area contributed by atoms with Gasteiger partial charge in [-0.25, -0.2) is 9.37 Å². The minimum absolute atomic E-state index is 0.0335. The van der Waals surface area contributed by atoms with Gasteiger partial charge in [-0.05, 0) is 25.1 Å². The Bertz CT molecular complexity index is 653. The molecule has 5 heteroatoms. The van der Waals surface area contributed by atoms with Gasteiger partial charge < -0.3 is 4.74 Å². The zero-order valence-electron chi connectivity index (χ0n) is 12.2. The summed E-state index contributed by atoms with van der Waals surface area (Å²) in [6.07, 6.45) is 0. The summed E-state index contributed by atoms with van der Waals surface area (Å²) in [4.78, 5) is 4.02. The SMILES string of the molecule is CC.Cc1ccc(Cl)nc1OCc1ccc(C#N)cc1F. The molecule has 1 heterocycles. The number of nitriles is 1. The van der Waals surface area contributed by atoms with Crippen molar-refractivity contribution in [3.05, 3.63) is 58.0 Å². The van der Waals surface area contributed by atoms with Gasteiger partial charge in [0.25, 0.3) is 0 Å². The molecule has 1 aromatic carbocycles. The van der Waals surface area contributed by atoms with Crippen molar-refractivity contribution in [1.82, 2.24) is 4.98 Å². The first-order valence-electron chi connectivity index (χ1n) is 6.54. The minimum Gasteiger partial charge on any atom is -0.472 e.